The molecule has 1 N–H and O–H groups in total. The van der Waals surface area contributed by atoms with Crippen LogP contribution in [0.15, 0.2) is 41.1 Å². The summed E-state index contributed by atoms with van der Waals surface area (Å²) in [6.45, 7) is -0.952. The number of sulfone groups is 1. The molecule has 12 heteroatoms. The zero-order valence-corrected chi connectivity index (χ0v) is 17.2. The molecule has 1 atom stereocenters. The van der Waals surface area contributed by atoms with E-state index >= 15 is 0 Å². The van der Waals surface area contributed by atoms with Crippen molar-refractivity contribution in [1.82, 2.24) is 14.9 Å². The lowest BCUT2D eigenvalue weighted by atomic mass is 10.1. The van der Waals surface area contributed by atoms with Gasteiger partial charge in [-0.1, -0.05) is 11.6 Å². The molecule has 0 aliphatic rings. The van der Waals surface area contributed by atoms with Crippen molar-refractivity contribution in [1.29, 1.82) is 0 Å². The van der Waals surface area contributed by atoms with Gasteiger partial charge in [-0.25, -0.2) is 18.4 Å². The first-order chi connectivity index (χ1) is 13.9. The minimum absolute atomic E-state index is 0.123. The number of benzene rings is 1. The van der Waals surface area contributed by atoms with Crippen LogP contribution in [0.25, 0.3) is 22.2 Å². The van der Waals surface area contributed by atoms with Gasteiger partial charge in [0.05, 0.1) is 17.8 Å². The van der Waals surface area contributed by atoms with E-state index in [1.165, 1.54) is 12.4 Å². The summed E-state index contributed by atoms with van der Waals surface area (Å²) in [4.78, 5) is 8.58. The second kappa shape index (κ2) is 8.50. The summed E-state index contributed by atoms with van der Waals surface area (Å²) < 4.78 is 67.3. The van der Waals surface area contributed by atoms with Crippen LogP contribution >= 0.6 is 11.6 Å². The predicted octanol–water partition coefficient (Wildman–Crippen LogP) is 3.27. The van der Waals surface area contributed by atoms with Crippen LogP contribution in [0, 0.1) is 0 Å². The minimum atomic E-state index is -4.94. The topological polar surface area (TPSA) is 96.5 Å². The van der Waals surface area contributed by atoms with E-state index in [2.05, 4.69) is 9.97 Å². The fourth-order valence-corrected chi connectivity index (χ4v) is 3.54. The monoisotopic (exact) mass is 463 g/mol. The summed E-state index contributed by atoms with van der Waals surface area (Å²) in [5.41, 5.74) is 1.22. The molecule has 0 aliphatic carbocycles. The Hall–Kier alpha value is -2.21. The Morgan fingerprint density at radius 1 is 1.23 bits per heavy atom. The molecule has 2 heterocycles. The largest absolute Gasteiger partial charge is 0.460 e. The molecule has 3 aromatic rings. The van der Waals surface area contributed by atoms with Crippen LogP contribution in [0.3, 0.4) is 0 Å². The van der Waals surface area contributed by atoms with Crippen molar-refractivity contribution in [2.24, 2.45) is 0 Å². The number of aliphatic hydroxyl groups is 1. The van der Waals surface area contributed by atoms with Gasteiger partial charge in [0.1, 0.15) is 32.8 Å². The van der Waals surface area contributed by atoms with Crippen LogP contribution < -0.4 is 0 Å². The Bertz CT molecular complexity index is 1150. The number of rotatable bonds is 7. The zero-order valence-electron chi connectivity index (χ0n) is 15.6. The first kappa shape index (κ1) is 22.5. The van der Waals surface area contributed by atoms with Gasteiger partial charge in [-0.05, 0) is 30.3 Å². The molecule has 0 amide bonds. The molecule has 162 valence electrons. The van der Waals surface area contributed by atoms with E-state index in [0.717, 1.165) is 6.26 Å². The summed E-state index contributed by atoms with van der Waals surface area (Å²) in [5, 5.41) is 10.4. The van der Waals surface area contributed by atoms with Gasteiger partial charge in [0.15, 0.2) is 0 Å². The lowest BCUT2D eigenvalue weighted by molar-refractivity contribution is -0.251. The molecule has 0 aliphatic heterocycles. The van der Waals surface area contributed by atoms with Crippen LogP contribution in [0.4, 0.5) is 13.2 Å². The Morgan fingerprint density at radius 3 is 2.63 bits per heavy atom. The van der Waals surface area contributed by atoms with Gasteiger partial charge < -0.3 is 9.52 Å². The molecule has 7 nitrogen and oxygen atoms in total. The lowest BCUT2D eigenvalue weighted by Crippen LogP contribution is -2.46. The average Bonchev–Trinajstić information content (AvgIpc) is 3.12. The third kappa shape index (κ3) is 5.48. The Morgan fingerprint density at radius 2 is 1.97 bits per heavy atom. The first-order valence-electron chi connectivity index (χ1n) is 8.60. The number of alkyl halides is 3. The van der Waals surface area contributed by atoms with E-state index in [0.29, 0.717) is 27.1 Å². The Labute approximate surface area is 175 Å². The number of halogens is 4. The van der Waals surface area contributed by atoms with Crippen LogP contribution in [-0.4, -0.2) is 59.3 Å². The van der Waals surface area contributed by atoms with Gasteiger partial charge in [-0.15, -0.1) is 0 Å². The number of fused-ring (bicyclic) bond motifs is 1. The van der Waals surface area contributed by atoms with E-state index < -0.39 is 41.1 Å². The number of aliphatic hydroxyl groups excluding tert-OH is 1. The maximum Gasteiger partial charge on any atom is 0.428 e. The highest BCUT2D eigenvalue weighted by Crippen LogP contribution is 2.29. The molecule has 0 saturated carbocycles. The van der Waals surface area contributed by atoms with Gasteiger partial charge in [-0.3, -0.25) is 4.90 Å². The van der Waals surface area contributed by atoms with E-state index in [1.807, 2.05) is 0 Å². The fraction of sp³-hybridized carbons (Fsp3) is 0.333. The Balaban J connectivity index is 1.85. The Kier molecular flexibility index (Phi) is 6.37. The molecule has 2 aromatic heterocycles. The van der Waals surface area contributed by atoms with Crippen molar-refractivity contribution in [3.8, 4) is 11.3 Å². The van der Waals surface area contributed by atoms with Gasteiger partial charge in [-0.2, -0.15) is 13.2 Å². The van der Waals surface area contributed by atoms with Crippen molar-refractivity contribution in [3.63, 3.8) is 0 Å². The molecule has 1 aromatic carbocycles. The van der Waals surface area contributed by atoms with Crippen LogP contribution in [0.1, 0.15) is 5.76 Å². The molecule has 0 fully saturated rings. The molecule has 1 unspecified atom stereocenters. The quantitative estimate of drug-likeness (QED) is 0.424. The molecular formula is C18H17ClF3N3O4S. The summed E-state index contributed by atoms with van der Waals surface area (Å²) in [6, 6.07) is 8.11. The maximum atomic E-state index is 13.0. The van der Waals surface area contributed by atoms with Gasteiger partial charge in [0.2, 0.25) is 6.23 Å². The maximum absolute atomic E-state index is 13.0. The molecular weight excluding hydrogens is 447 g/mol. The second-order valence-corrected chi connectivity index (χ2v) is 9.30. The highest BCUT2D eigenvalue weighted by molar-refractivity contribution is 7.90. The number of furan rings is 1. The van der Waals surface area contributed by atoms with Gasteiger partial charge in [0, 0.05) is 23.8 Å². The van der Waals surface area contributed by atoms with Crippen molar-refractivity contribution in [2.75, 3.05) is 18.6 Å². The smallest absolute Gasteiger partial charge is 0.428 e. The first-order valence-corrected chi connectivity index (χ1v) is 11.0. The van der Waals surface area contributed by atoms with Gasteiger partial charge in [0.25, 0.3) is 0 Å². The van der Waals surface area contributed by atoms with Crippen LogP contribution in [-0.2, 0) is 16.4 Å². The highest BCUT2D eigenvalue weighted by atomic mass is 35.5. The third-order valence-corrected chi connectivity index (χ3v) is 5.51. The number of aromatic nitrogens is 2. The van der Waals surface area contributed by atoms with E-state index in [-0.39, 0.29) is 10.9 Å². The lowest BCUT2D eigenvalue weighted by Gasteiger charge is -2.28. The number of hydrogen-bond acceptors (Lipinski definition) is 7. The SMILES string of the molecule is CS(=O)(=O)CCN(Cc1ccc(-c2ccc3ncnc(Cl)c3c2)o1)C(O)C(F)(F)F. The van der Waals surface area contributed by atoms with Crippen molar-refractivity contribution in [3.05, 3.63) is 47.6 Å². The second-order valence-electron chi connectivity index (χ2n) is 6.68. The van der Waals surface area contributed by atoms with Crippen LogP contribution in [0.5, 0.6) is 0 Å². The molecule has 0 saturated heterocycles. The highest BCUT2D eigenvalue weighted by Gasteiger charge is 2.42. The standard InChI is InChI=1S/C18H17ClF3N3O4S/c1-30(27,28)7-6-25(17(26)18(20,21)22)9-12-3-5-15(29-12)11-2-4-14-13(8-11)16(19)24-10-23-14/h2-5,8,10,17,26H,6-7,9H2,1H3. The predicted molar refractivity (Wildman–Crippen MR) is 104 cm³/mol. The van der Waals surface area contributed by atoms with E-state index in [9.17, 15) is 26.7 Å². The number of nitrogens with zero attached hydrogens (tertiary/aromatic N) is 3. The average molecular weight is 464 g/mol. The fourth-order valence-electron chi connectivity index (χ4n) is 2.77. The van der Waals surface area contributed by atoms with Gasteiger partial charge >= 0.3 is 6.18 Å². The van der Waals surface area contributed by atoms with Crippen molar-refractivity contribution >= 4 is 32.3 Å². The summed E-state index contributed by atoms with van der Waals surface area (Å²) >= 11 is 6.07. The van der Waals surface area contributed by atoms with Crippen molar-refractivity contribution < 1.29 is 31.1 Å². The summed E-state index contributed by atoms with van der Waals surface area (Å²) in [7, 11) is -3.53. The third-order valence-electron chi connectivity index (χ3n) is 4.28. The molecule has 0 radical (unpaired) electrons. The normalized spacial score (nSPS) is 13.8. The zero-order chi connectivity index (χ0) is 22.1. The molecule has 3 rings (SSSR count). The summed E-state index contributed by atoms with van der Waals surface area (Å²) in [5.74, 6) is -0.0645. The molecule has 30 heavy (non-hydrogen) atoms. The molecule has 0 bridgehead atoms. The van der Waals surface area contributed by atoms with E-state index in [4.69, 9.17) is 16.0 Å². The molecule has 0 spiro atoms. The van der Waals surface area contributed by atoms with Crippen molar-refractivity contribution in [2.45, 2.75) is 18.9 Å². The minimum Gasteiger partial charge on any atom is -0.460 e. The van der Waals surface area contributed by atoms with E-state index in [1.54, 1.807) is 24.3 Å². The van der Waals surface area contributed by atoms with Crippen LogP contribution in [0.2, 0.25) is 5.15 Å². The summed E-state index contributed by atoms with van der Waals surface area (Å²) in [6.07, 6.45) is -5.54. The number of hydrogen-bond donors (Lipinski definition) is 1.